The Bertz CT molecular complexity index is 564. The lowest BCUT2D eigenvalue weighted by Gasteiger charge is -2.11. The average molecular weight is 251 g/mol. The molecule has 2 aromatic rings. The zero-order valence-electron chi connectivity index (χ0n) is 9.94. The topological polar surface area (TPSA) is 62.5 Å². The molecule has 0 radical (unpaired) electrons. The summed E-state index contributed by atoms with van der Waals surface area (Å²) in [5.41, 5.74) is 1.48. The van der Waals surface area contributed by atoms with E-state index in [0.717, 1.165) is 11.8 Å². The first-order valence-electron chi connectivity index (χ1n) is 5.67. The van der Waals surface area contributed by atoms with E-state index in [-0.39, 0.29) is 18.4 Å². The minimum Gasteiger partial charge on any atom is -0.480 e. The lowest BCUT2D eigenvalue weighted by atomic mass is 10.1. The van der Waals surface area contributed by atoms with Gasteiger partial charge in [-0.1, -0.05) is 6.07 Å². The highest BCUT2D eigenvalue weighted by Gasteiger charge is 2.09. The molecule has 1 unspecified atom stereocenters. The predicted octanol–water partition coefficient (Wildman–Crippen LogP) is 2.18. The highest BCUT2D eigenvalue weighted by molar-refractivity contribution is 5.78. The van der Waals surface area contributed by atoms with E-state index in [9.17, 15) is 9.18 Å². The first-order valence-corrected chi connectivity index (χ1v) is 5.67. The van der Waals surface area contributed by atoms with Crippen LogP contribution in [0.5, 0.6) is 0 Å². The van der Waals surface area contributed by atoms with Crippen LogP contribution in [0.15, 0.2) is 28.9 Å². The standard InChI is InChI=1S/C13H14FNO3/c1-8(15-6-13(16)17)4-9-2-3-10-11(14)7-18-12(10)5-9/h2-3,5,7-8,15H,4,6H2,1H3,(H,16,17). The number of carboxylic acids is 1. The maximum absolute atomic E-state index is 13.2. The number of hydrogen-bond donors (Lipinski definition) is 2. The Morgan fingerprint density at radius 3 is 3.06 bits per heavy atom. The SMILES string of the molecule is CC(Cc1ccc2c(F)coc2c1)NCC(=O)O. The number of benzene rings is 1. The number of aliphatic carboxylic acids is 1. The van der Waals surface area contributed by atoms with E-state index in [1.807, 2.05) is 13.0 Å². The van der Waals surface area contributed by atoms with Gasteiger partial charge in [0, 0.05) is 6.04 Å². The Morgan fingerprint density at radius 2 is 2.33 bits per heavy atom. The lowest BCUT2D eigenvalue weighted by Crippen LogP contribution is -2.32. The van der Waals surface area contributed by atoms with E-state index in [0.29, 0.717) is 17.4 Å². The van der Waals surface area contributed by atoms with Gasteiger partial charge >= 0.3 is 5.97 Å². The van der Waals surface area contributed by atoms with E-state index < -0.39 is 5.97 Å². The van der Waals surface area contributed by atoms with Gasteiger partial charge in [-0.05, 0) is 31.0 Å². The van der Waals surface area contributed by atoms with Crippen molar-refractivity contribution in [2.75, 3.05) is 6.54 Å². The fraction of sp³-hybridized carbons (Fsp3) is 0.308. The molecule has 0 aliphatic carbocycles. The van der Waals surface area contributed by atoms with E-state index in [4.69, 9.17) is 9.52 Å². The Morgan fingerprint density at radius 1 is 1.56 bits per heavy atom. The Labute approximate surface area is 103 Å². The molecule has 5 heteroatoms. The van der Waals surface area contributed by atoms with Crippen molar-refractivity contribution < 1.29 is 18.7 Å². The van der Waals surface area contributed by atoms with Crippen molar-refractivity contribution >= 4 is 16.9 Å². The predicted molar refractivity (Wildman–Crippen MR) is 65.0 cm³/mol. The second-order valence-corrected chi connectivity index (χ2v) is 4.29. The van der Waals surface area contributed by atoms with Crippen molar-refractivity contribution in [1.29, 1.82) is 0 Å². The van der Waals surface area contributed by atoms with Crippen molar-refractivity contribution in [3.63, 3.8) is 0 Å². The van der Waals surface area contributed by atoms with Gasteiger partial charge in [0.05, 0.1) is 11.9 Å². The number of halogens is 1. The number of rotatable bonds is 5. The van der Waals surface area contributed by atoms with Gasteiger partial charge in [-0.25, -0.2) is 4.39 Å². The van der Waals surface area contributed by atoms with Crippen LogP contribution < -0.4 is 5.32 Å². The van der Waals surface area contributed by atoms with Gasteiger partial charge in [-0.2, -0.15) is 0 Å². The first-order chi connectivity index (χ1) is 8.56. The molecule has 4 nitrogen and oxygen atoms in total. The summed E-state index contributed by atoms with van der Waals surface area (Å²) in [6.07, 6.45) is 1.74. The average Bonchev–Trinajstić information content (AvgIpc) is 2.68. The van der Waals surface area contributed by atoms with Crippen molar-refractivity contribution in [3.05, 3.63) is 35.8 Å². The molecule has 96 valence electrons. The molecular formula is C13H14FNO3. The molecular weight excluding hydrogens is 237 g/mol. The highest BCUT2D eigenvalue weighted by atomic mass is 19.1. The number of carbonyl (C=O) groups is 1. The van der Waals surface area contributed by atoms with Crippen molar-refractivity contribution in [2.24, 2.45) is 0 Å². The molecule has 0 saturated heterocycles. The zero-order chi connectivity index (χ0) is 13.1. The number of nitrogens with one attached hydrogen (secondary N) is 1. The van der Waals surface area contributed by atoms with E-state index in [2.05, 4.69) is 5.32 Å². The maximum atomic E-state index is 13.2. The van der Waals surface area contributed by atoms with Gasteiger partial charge in [-0.3, -0.25) is 4.79 Å². The molecule has 2 rings (SSSR count). The molecule has 1 atom stereocenters. The van der Waals surface area contributed by atoms with Crippen molar-refractivity contribution in [1.82, 2.24) is 5.32 Å². The summed E-state index contributed by atoms with van der Waals surface area (Å²) >= 11 is 0. The molecule has 18 heavy (non-hydrogen) atoms. The largest absolute Gasteiger partial charge is 0.480 e. The molecule has 1 aromatic heterocycles. The third-order valence-electron chi connectivity index (χ3n) is 2.74. The second kappa shape index (κ2) is 5.18. The molecule has 2 N–H and O–H groups in total. The van der Waals surface area contributed by atoms with Crippen molar-refractivity contribution in [2.45, 2.75) is 19.4 Å². The third-order valence-corrected chi connectivity index (χ3v) is 2.74. The molecule has 0 aliphatic heterocycles. The molecule has 0 fully saturated rings. The second-order valence-electron chi connectivity index (χ2n) is 4.29. The van der Waals surface area contributed by atoms with E-state index in [1.165, 1.54) is 0 Å². The van der Waals surface area contributed by atoms with E-state index >= 15 is 0 Å². The summed E-state index contributed by atoms with van der Waals surface area (Å²) in [6.45, 7) is 1.83. The number of fused-ring (bicyclic) bond motifs is 1. The fourth-order valence-electron chi connectivity index (χ4n) is 1.85. The zero-order valence-corrected chi connectivity index (χ0v) is 9.94. The normalized spacial score (nSPS) is 12.8. The number of furan rings is 1. The van der Waals surface area contributed by atoms with Crippen LogP contribution in [0.3, 0.4) is 0 Å². The molecule has 0 amide bonds. The van der Waals surface area contributed by atoms with Gasteiger partial charge in [0.1, 0.15) is 11.8 Å². The van der Waals surface area contributed by atoms with Gasteiger partial charge in [0.25, 0.3) is 0 Å². The van der Waals surface area contributed by atoms with Crippen LogP contribution in [-0.4, -0.2) is 23.7 Å². The van der Waals surface area contributed by atoms with Crippen LogP contribution in [0.4, 0.5) is 4.39 Å². The fourth-order valence-corrected chi connectivity index (χ4v) is 1.85. The van der Waals surface area contributed by atoms with Crippen LogP contribution in [0, 0.1) is 5.82 Å². The Hall–Kier alpha value is -1.88. The number of carboxylic acid groups (broad SMARTS) is 1. The molecule has 0 saturated carbocycles. The van der Waals surface area contributed by atoms with Crippen LogP contribution in [0.1, 0.15) is 12.5 Å². The van der Waals surface area contributed by atoms with Gasteiger partial charge in [-0.15, -0.1) is 0 Å². The van der Waals surface area contributed by atoms with Crippen LogP contribution in [0.25, 0.3) is 11.0 Å². The van der Waals surface area contributed by atoms with Crippen LogP contribution in [-0.2, 0) is 11.2 Å². The van der Waals surface area contributed by atoms with Gasteiger partial charge < -0.3 is 14.8 Å². The highest BCUT2D eigenvalue weighted by Crippen LogP contribution is 2.21. The summed E-state index contributed by atoms with van der Waals surface area (Å²) in [7, 11) is 0. The minimum absolute atomic E-state index is 0.0263. The van der Waals surface area contributed by atoms with Crippen LogP contribution >= 0.6 is 0 Å². The molecule has 1 heterocycles. The lowest BCUT2D eigenvalue weighted by molar-refractivity contribution is -0.136. The molecule has 0 aliphatic rings. The minimum atomic E-state index is -0.884. The maximum Gasteiger partial charge on any atom is 0.317 e. The summed E-state index contributed by atoms with van der Waals surface area (Å²) in [6, 6.07) is 5.29. The van der Waals surface area contributed by atoms with Crippen LogP contribution in [0.2, 0.25) is 0 Å². The quantitative estimate of drug-likeness (QED) is 0.855. The van der Waals surface area contributed by atoms with Gasteiger partial charge in [0.15, 0.2) is 5.82 Å². The molecule has 0 spiro atoms. The summed E-state index contributed by atoms with van der Waals surface area (Å²) in [5, 5.41) is 11.9. The summed E-state index contributed by atoms with van der Waals surface area (Å²) < 4.78 is 18.3. The third kappa shape index (κ3) is 2.87. The Balaban J connectivity index is 2.05. The van der Waals surface area contributed by atoms with Gasteiger partial charge in [0.2, 0.25) is 0 Å². The Kier molecular flexibility index (Phi) is 3.62. The number of hydrogen-bond acceptors (Lipinski definition) is 3. The first kappa shape index (κ1) is 12.6. The molecule has 1 aromatic carbocycles. The summed E-state index contributed by atoms with van der Waals surface area (Å²) in [4.78, 5) is 10.4. The smallest absolute Gasteiger partial charge is 0.317 e. The molecule has 0 bridgehead atoms. The van der Waals surface area contributed by atoms with Crippen molar-refractivity contribution in [3.8, 4) is 0 Å². The summed E-state index contributed by atoms with van der Waals surface area (Å²) in [5.74, 6) is -1.25. The monoisotopic (exact) mass is 251 g/mol. The van der Waals surface area contributed by atoms with E-state index in [1.54, 1.807) is 12.1 Å².